The highest BCUT2D eigenvalue weighted by Crippen LogP contribution is 2.22. The molecule has 0 radical (unpaired) electrons. The maximum absolute atomic E-state index is 12.1. The van der Waals surface area contributed by atoms with Gasteiger partial charge in [-0.05, 0) is 36.8 Å². The molecule has 0 aliphatic rings. The number of benzene rings is 2. The van der Waals surface area contributed by atoms with E-state index in [0.717, 1.165) is 10.0 Å². The van der Waals surface area contributed by atoms with Crippen molar-refractivity contribution in [3.63, 3.8) is 0 Å². The normalized spacial score (nSPS) is 10.0. The minimum absolute atomic E-state index is 0.172. The number of rotatable bonds is 3. The Labute approximate surface area is 130 Å². The van der Waals surface area contributed by atoms with Crippen molar-refractivity contribution in [2.24, 2.45) is 0 Å². The van der Waals surface area contributed by atoms with Crippen molar-refractivity contribution in [3.8, 4) is 5.75 Å². The third-order valence-electron chi connectivity index (χ3n) is 2.90. The average molecular weight is 349 g/mol. The number of ether oxygens (including phenoxy) is 2. The molecule has 5 heteroatoms. The number of para-hydroxylation sites is 1. The summed E-state index contributed by atoms with van der Waals surface area (Å²) in [6.07, 6.45) is 0. The Bertz CT molecular complexity index is 694. The van der Waals surface area contributed by atoms with Gasteiger partial charge in [-0.3, -0.25) is 0 Å². The van der Waals surface area contributed by atoms with Gasteiger partial charge in [-0.15, -0.1) is 0 Å². The van der Waals surface area contributed by atoms with E-state index < -0.39 is 11.9 Å². The van der Waals surface area contributed by atoms with Gasteiger partial charge in [-0.25, -0.2) is 9.59 Å². The summed E-state index contributed by atoms with van der Waals surface area (Å²) < 4.78 is 10.8. The van der Waals surface area contributed by atoms with Crippen LogP contribution in [-0.4, -0.2) is 19.0 Å². The minimum atomic E-state index is -0.552. The van der Waals surface area contributed by atoms with Crippen LogP contribution in [0.2, 0.25) is 0 Å². The Hall–Kier alpha value is -2.14. The van der Waals surface area contributed by atoms with Crippen LogP contribution in [0.15, 0.2) is 46.9 Å². The molecular weight excluding hydrogens is 336 g/mol. The lowest BCUT2D eigenvalue weighted by molar-refractivity contribution is 0.0593. The lowest BCUT2D eigenvalue weighted by atomic mass is 10.1. The number of hydrogen-bond donors (Lipinski definition) is 0. The molecule has 108 valence electrons. The van der Waals surface area contributed by atoms with E-state index in [-0.39, 0.29) is 11.3 Å². The van der Waals surface area contributed by atoms with Crippen molar-refractivity contribution < 1.29 is 19.1 Å². The molecule has 0 aliphatic carbocycles. The molecule has 0 spiro atoms. The van der Waals surface area contributed by atoms with Crippen LogP contribution in [0.3, 0.4) is 0 Å². The molecule has 2 aromatic carbocycles. The van der Waals surface area contributed by atoms with Crippen LogP contribution in [0.1, 0.15) is 26.3 Å². The van der Waals surface area contributed by atoms with Crippen LogP contribution < -0.4 is 4.74 Å². The second-order valence-electron chi connectivity index (χ2n) is 4.34. The summed E-state index contributed by atoms with van der Waals surface area (Å²) in [6.45, 7) is 1.92. The van der Waals surface area contributed by atoms with Gasteiger partial charge in [0, 0.05) is 4.47 Å². The zero-order valence-electron chi connectivity index (χ0n) is 11.6. The summed E-state index contributed by atoms with van der Waals surface area (Å²) in [5.41, 5.74) is 1.62. The average Bonchev–Trinajstić information content (AvgIpc) is 2.49. The van der Waals surface area contributed by atoms with Crippen molar-refractivity contribution in [1.82, 2.24) is 0 Å². The summed E-state index contributed by atoms with van der Waals surface area (Å²) in [5, 5.41) is 0. The molecule has 0 heterocycles. The predicted octanol–water partition coefficient (Wildman–Crippen LogP) is 3.76. The maximum atomic E-state index is 12.1. The van der Waals surface area contributed by atoms with Crippen molar-refractivity contribution >= 4 is 27.9 Å². The topological polar surface area (TPSA) is 52.6 Å². The van der Waals surface area contributed by atoms with Crippen LogP contribution in [-0.2, 0) is 4.74 Å². The van der Waals surface area contributed by atoms with Crippen molar-refractivity contribution in [3.05, 3.63) is 63.6 Å². The van der Waals surface area contributed by atoms with Crippen molar-refractivity contribution in [2.45, 2.75) is 6.92 Å². The monoisotopic (exact) mass is 348 g/mol. The lowest BCUT2D eigenvalue weighted by Crippen LogP contribution is -2.12. The van der Waals surface area contributed by atoms with Crippen LogP contribution >= 0.6 is 15.9 Å². The van der Waals surface area contributed by atoms with E-state index in [1.165, 1.54) is 7.11 Å². The molecule has 0 bridgehead atoms. The molecule has 0 unspecified atom stereocenters. The first kappa shape index (κ1) is 15.3. The Morgan fingerprint density at radius 2 is 1.76 bits per heavy atom. The van der Waals surface area contributed by atoms with Crippen LogP contribution in [0.25, 0.3) is 0 Å². The fourth-order valence-corrected chi connectivity index (χ4v) is 2.09. The van der Waals surface area contributed by atoms with E-state index >= 15 is 0 Å². The number of halogens is 1. The number of carbonyl (C=O) groups is 2. The van der Waals surface area contributed by atoms with Crippen LogP contribution in [0, 0.1) is 6.92 Å². The fourth-order valence-electron chi connectivity index (χ4n) is 1.71. The molecule has 0 amide bonds. The minimum Gasteiger partial charge on any atom is -0.465 e. The number of hydrogen-bond acceptors (Lipinski definition) is 4. The third-order valence-corrected chi connectivity index (χ3v) is 3.76. The summed E-state index contributed by atoms with van der Waals surface area (Å²) >= 11 is 3.37. The van der Waals surface area contributed by atoms with Gasteiger partial charge in [0.1, 0.15) is 11.3 Å². The van der Waals surface area contributed by atoms with E-state index in [0.29, 0.717) is 5.56 Å². The van der Waals surface area contributed by atoms with Crippen molar-refractivity contribution in [2.75, 3.05) is 7.11 Å². The number of carbonyl (C=O) groups excluding carboxylic acids is 2. The third kappa shape index (κ3) is 3.49. The zero-order chi connectivity index (χ0) is 15.4. The smallest absolute Gasteiger partial charge is 0.343 e. The summed E-state index contributed by atoms with van der Waals surface area (Å²) in [7, 11) is 1.28. The summed E-state index contributed by atoms with van der Waals surface area (Å²) in [4.78, 5) is 23.8. The van der Waals surface area contributed by atoms with Gasteiger partial charge in [0.25, 0.3) is 0 Å². The Morgan fingerprint density at radius 1 is 1.05 bits per heavy atom. The van der Waals surface area contributed by atoms with Gasteiger partial charge in [0.05, 0.1) is 12.7 Å². The predicted molar refractivity (Wildman–Crippen MR) is 81.6 cm³/mol. The van der Waals surface area contributed by atoms with E-state index in [4.69, 9.17) is 4.74 Å². The van der Waals surface area contributed by atoms with E-state index in [1.807, 2.05) is 13.0 Å². The molecular formula is C16H13BrO4. The number of methoxy groups -OCH3 is 1. The van der Waals surface area contributed by atoms with Gasteiger partial charge >= 0.3 is 11.9 Å². The van der Waals surface area contributed by atoms with Crippen LogP contribution in [0.4, 0.5) is 0 Å². The molecule has 0 saturated heterocycles. The first-order valence-electron chi connectivity index (χ1n) is 6.18. The molecule has 2 aromatic rings. The highest BCUT2D eigenvalue weighted by molar-refractivity contribution is 9.10. The van der Waals surface area contributed by atoms with Crippen LogP contribution in [0.5, 0.6) is 5.75 Å². The first-order valence-corrected chi connectivity index (χ1v) is 6.98. The molecule has 0 fully saturated rings. The molecule has 0 aromatic heterocycles. The van der Waals surface area contributed by atoms with Gasteiger partial charge in [0.15, 0.2) is 0 Å². The highest BCUT2D eigenvalue weighted by Gasteiger charge is 2.16. The molecule has 0 N–H and O–H groups in total. The molecule has 4 nitrogen and oxygen atoms in total. The molecule has 2 rings (SSSR count). The Kier molecular flexibility index (Phi) is 4.75. The summed E-state index contributed by atoms with van der Waals surface area (Å²) in [5.74, 6) is -0.915. The van der Waals surface area contributed by atoms with Gasteiger partial charge in [-0.1, -0.05) is 34.1 Å². The quantitative estimate of drug-likeness (QED) is 0.625. The van der Waals surface area contributed by atoms with Gasteiger partial charge < -0.3 is 9.47 Å². The summed E-state index contributed by atoms with van der Waals surface area (Å²) in [6, 6.07) is 11.6. The first-order chi connectivity index (χ1) is 10.0. The number of aryl methyl sites for hydroxylation is 1. The van der Waals surface area contributed by atoms with E-state index in [1.54, 1.807) is 36.4 Å². The van der Waals surface area contributed by atoms with Gasteiger partial charge in [0.2, 0.25) is 0 Å². The standard InChI is InChI=1S/C16H13BrO4/c1-10-7-8-11(9-13(10)17)15(18)21-14-6-4-3-5-12(14)16(19)20-2/h3-9H,1-2H3. The Balaban J connectivity index is 2.27. The van der Waals surface area contributed by atoms with Gasteiger partial charge in [-0.2, -0.15) is 0 Å². The highest BCUT2D eigenvalue weighted by atomic mass is 79.9. The largest absolute Gasteiger partial charge is 0.465 e. The fraction of sp³-hybridized carbons (Fsp3) is 0.125. The second-order valence-corrected chi connectivity index (χ2v) is 5.20. The molecule has 0 saturated carbocycles. The lowest BCUT2D eigenvalue weighted by Gasteiger charge is -2.09. The SMILES string of the molecule is COC(=O)c1ccccc1OC(=O)c1ccc(C)c(Br)c1. The second kappa shape index (κ2) is 6.54. The molecule has 21 heavy (non-hydrogen) atoms. The zero-order valence-corrected chi connectivity index (χ0v) is 13.1. The molecule has 0 aliphatic heterocycles. The number of esters is 2. The molecule has 0 atom stereocenters. The van der Waals surface area contributed by atoms with E-state index in [2.05, 4.69) is 20.7 Å². The maximum Gasteiger partial charge on any atom is 0.343 e. The van der Waals surface area contributed by atoms with Crippen molar-refractivity contribution in [1.29, 1.82) is 0 Å². The van der Waals surface area contributed by atoms with E-state index in [9.17, 15) is 9.59 Å². The Morgan fingerprint density at radius 3 is 2.43 bits per heavy atom.